The number of halogens is 5. The van der Waals surface area contributed by atoms with Crippen molar-refractivity contribution in [3.8, 4) is 11.5 Å². The van der Waals surface area contributed by atoms with Crippen LogP contribution in [0.15, 0.2) is 42.5 Å². The lowest BCUT2D eigenvalue weighted by Crippen LogP contribution is -2.30. The van der Waals surface area contributed by atoms with E-state index in [1.807, 2.05) is 0 Å². The molecular formula is C21H21F5N6O. The monoisotopic (exact) mass is 468 g/mol. The maximum atomic E-state index is 13.7. The number of alkyl halides is 5. The molecule has 3 rings (SSSR count). The third-order valence-corrected chi connectivity index (χ3v) is 4.21. The van der Waals surface area contributed by atoms with Crippen LogP contribution in [0.3, 0.4) is 0 Å². The molecule has 176 valence electrons. The fourth-order valence-electron chi connectivity index (χ4n) is 2.64. The van der Waals surface area contributed by atoms with Crippen molar-refractivity contribution < 1.29 is 27.1 Å². The Morgan fingerprint density at radius 2 is 1.52 bits per heavy atom. The van der Waals surface area contributed by atoms with E-state index in [4.69, 9.17) is 0 Å². The summed E-state index contributed by atoms with van der Waals surface area (Å²) in [6, 6.07) is 8.66. The zero-order valence-corrected chi connectivity index (χ0v) is 17.9. The summed E-state index contributed by atoms with van der Waals surface area (Å²) in [7, 11) is 0. The van der Waals surface area contributed by atoms with Crippen LogP contribution < -0.4 is 10.6 Å². The summed E-state index contributed by atoms with van der Waals surface area (Å²) in [5, 5.41) is 15.5. The molecule has 0 aliphatic rings. The zero-order valence-electron chi connectivity index (χ0n) is 17.9. The van der Waals surface area contributed by atoms with Gasteiger partial charge in [-0.3, -0.25) is 0 Å². The van der Waals surface area contributed by atoms with E-state index in [0.717, 1.165) is 13.0 Å². The number of nitrogens with one attached hydrogen (secondary N) is 2. The van der Waals surface area contributed by atoms with E-state index in [9.17, 15) is 27.1 Å². The van der Waals surface area contributed by atoms with Crippen LogP contribution in [0.5, 0.6) is 0 Å². The number of aliphatic hydroxyl groups is 1. The SMILES string of the molecule is CC(C)(O)CNc1nc(Nc2cccc(C(C)(F)F)c2)nc(-c2cccc(C(F)(F)F)n2)n1. The molecule has 3 aromatic rings. The van der Waals surface area contributed by atoms with Crippen molar-refractivity contribution in [1.82, 2.24) is 19.9 Å². The molecule has 0 atom stereocenters. The molecule has 0 saturated carbocycles. The summed E-state index contributed by atoms with van der Waals surface area (Å²) in [6.45, 7) is 3.84. The zero-order chi connectivity index (χ0) is 24.4. The molecule has 2 aromatic heterocycles. The predicted molar refractivity (Wildman–Crippen MR) is 112 cm³/mol. The van der Waals surface area contributed by atoms with Gasteiger partial charge in [0.05, 0.1) is 5.60 Å². The van der Waals surface area contributed by atoms with E-state index >= 15 is 0 Å². The number of pyridine rings is 1. The first-order chi connectivity index (χ1) is 15.2. The topological polar surface area (TPSA) is 95.8 Å². The van der Waals surface area contributed by atoms with Crippen LogP contribution in [0.1, 0.15) is 32.0 Å². The number of hydrogen-bond acceptors (Lipinski definition) is 7. The molecule has 0 saturated heterocycles. The van der Waals surface area contributed by atoms with Crippen molar-refractivity contribution in [2.75, 3.05) is 17.2 Å². The maximum Gasteiger partial charge on any atom is 0.433 e. The van der Waals surface area contributed by atoms with E-state index in [2.05, 4.69) is 30.6 Å². The van der Waals surface area contributed by atoms with Crippen LogP contribution in [0, 0.1) is 0 Å². The second-order valence-corrected chi connectivity index (χ2v) is 7.97. The van der Waals surface area contributed by atoms with Crippen LogP contribution in [-0.2, 0) is 12.1 Å². The molecular weight excluding hydrogens is 447 g/mol. The van der Waals surface area contributed by atoms with Crippen molar-refractivity contribution >= 4 is 17.6 Å². The Morgan fingerprint density at radius 3 is 2.15 bits per heavy atom. The second-order valence-electron chi connectivity index (χ2n) is 7.97. The molecule has 0 aliphatic carbocycles. The van der Waals surface area contributed by atoms with E-state index < -0.39 is 23.4 Å². The Morgan fingerprint density at radius 1 is 0.848 bits per heavy atom. The highest BCUT2D eigenvalue weighted by Crippen LogP contribution is 2.31. The number of rotatable bonds is 7. The molecule has 0 radical (unpaired) electrons. The van der Waals surface area contributed by atoms with Gasteiger partial charge in [-0.1, -0.05) is 18.2 Å². The molecule has 33 heavy (non-hydrogen) atoms. The van der Waals surface area contributed by atoms with Crippen LogP contribution in [0.2, 0.25) is 0 Å². The lowest BCUT2D eigenvalue weighted by molar-refractivity contribution is -0.141. The van der Waals surface area contributed by atoms with Crippen LogP contribution in [0.4, 0.5) is 39.5 Å². The summed E-state index contributed by atoms with van der Waals surface area (Å²) in [5.41, 5.74) is -2.46. The van der Waals surface area contributed by atoms with Crippen molar-refractivity contribution in [2.45, 2.75) is 38.5 Å². The van der Waals surface area contributed by atoms with Crippen molar-refractivity contribution in [3.63, 3.8) is 0 Å². The number of nitrogens with zero attached hydrogens (tertiary/aromatic N) is 4. The van der Waals surface area contributed by atoms with Crippen molar-refractivity contribution in [1.29, 1.82) is 0 Å². The number of aromatic nitrogens is 4. The molecule has 0 amide bonds. The normalized spacial score (nSPS) is 12.5. The summed E-state index contributed by atoms with van der Waals surface area (Å²) in [6.07, 6.45) is -4.67. The molecule has 2 heterocycles. The first-order valence-electron chi connectivity index (χ1n) is 9.73. The second kappa shape index (κ2) is 8.85. The maximum absolute atomic E-state index is 13.7. The molecule has 0 fully saturated rings. The Bertz CT molecular complexity index is 1130. The smallest absolute Gasteiger partial charge is 0.389 e. The third kappa shape index (κ3) is 6.78. The van der Waals surface area contributed by atoms with Gasteiger partial charge in [-0.15, -0.1) is 0 Å². The van der Waals surface area contributed by atoms with Gasteiger partial charge < -0.3 is 15.7 Å². The minimum absolute atomic E-state index is 0.0173. The van der Waals surface area contributed by atoms with Crippen LogP contribution >= 0.6 is 0 Å². The van der Waals surface area contributed by atoms with Gasteiger partial charge >= 0.3 is 6.18 Å². The Hall–Kier alpha value is -3.41. The van der Waals surface area contributed by atoms with E-state index in [0.29, 0.717) is 0 Å². The minimum atomic E-state index is -4.67. The molecule has 7 nitrogen and oxygen atoms in total. The lowest BCUT2D eigenvalue weighted by atomic mass is 10.1. The average Bonchev–Trinajstić information content (AvgIpc) is 2.71. The average molecular weight is 468 g/mol. The highest BCUT2D eigenvalue weighted by Gasteiger charge is 2.32. The first-order valence-corrected chi connectivity index (χ1v) is 9.73. The van der Waals surface area contributed by atoms with E-state index in [1.165, 1.54) is 50.2 Å². The van der Waals surface area contributed by atoms with Crippen molar-refractivity contribution in [2.24, 2.45) is 0 Å². The van der Waals surface area contributed by atoms with Gasteiger partial charge in [-0.2, -0.15) is 28.1 Å². The van der Waals surface area contributed by atoms with E-state index in [-0.39, 0.29) is 41.2 Å². The Kier molecular flexibility index (Phi) is 6.50. The van der Waals surface area contributed by atoms with Crippen LogP contribution in [0.25, 0.3) is 11.5 Å². The number of hydrogen-bond donors (Lipinski definition) is 3. The molecule has 0 bridgehead atoms. The molecule has 3 N–H and O–H groups in total. The highest BCUT2D eigenvalue weighted by molar-refractivity contribution is 5.59. The summed E-state index contributed by atoms with van der Waals surface area (Å²) in [4.78, 5) is 15.9. The Labute approximate surface area is 186 Å². The molecule has 0 aliphatic heterocycles. The van der Waals surface area contributed by atoms with Gasteiger partial charge in [0.25, 0.3) is 5.92 Å². The fourth-order valence-corrected chi connectivity index (χ4v) is 2.64. The van der Waals surface area contributed by atoms with Gasteiger partial charge in [0.1, 0.15) is 11.4 Å². The van der Waals surface area contributed by atoms with Gasteiger partial charge in [0.2, 0.25) is 11.9 Å². The quantitative estimate of drug-likeness (QED) is 0.421. The first kappa shape index (κ1) is 24.2. The fraction of sp³-hybridized carbons (Fsp3) is 0.333. The van der Waals surface area contributed by atoms with Gasteiger partial charge in [0.15, 0.2) is 5.82 Å². The lowest BCUT2D eigenvalue weighted by Gasteiger charge is -2.18. The number of anilines is 3. The summed E-state index contributed by atoms with van der Waals surface area (Å²) < 4.78 is 66.6. The summed E-state index contributed by atoms with van der Waals surface area (Å²) in [5.74, 6) is -3.44. The van der Waals surface area contributed by atoms with Gasteiger partial charge in [-0.05, 0) is 38.1 Å². The Balaban J connectivity index is 2.02. The molecule has 0 spiro atoms. The van der Waals surface area contributed by atoms with E-state index in [1.54, 1.807) is 0 Å². The summed E-state index contributed by atoms with van der Waals surface area (Å²) >= 11 is 0. The largest absolute Gasteiger partial charge is 0.433 e. The predicted octanol–water partition coefficient (Wildman–Crippen LogP) is 4.99. The van der Waals surface area contributed by atoms with Crippen molar-refractivity contribution in [3.05, 3.63) is 53.7 Å². The molecule has 12 heteroatoms. The standard InChI is InChI=1S/C21H21F5N6O/c1-19(2,33)11-27-17-30-16(14-8-5-9-15(29-14)21(24,25)26)31-18(32-17)28-13-7-4-6-12(10-13)20(3,22)23/h4-10,33H,11H2,1-3H3,(H2,27,28,30,31,32). The number of benzene rings is 1. The third-order valence-electron chi connectivity index (χ3n) is 4.21. The van der Waals surface area contributed by atoms with Gasteiger partial charge in [0, 0.05) is 24.7 Å². The molecule has 1 aromatic carbocycles. The van der Waals surface area contributed by atoms with Gasteiger partial charge in [-0.25, -0.2) is 13.8 Å². The molecule has 0 unspecified atom stereocenters. The van der Waals surface area contributed by atoms with Crippen LogP contribution in [-0.4, -0.2) is 37.2 Å². The highest BCUT2D eigenvalue weighted by atomic mass is 19.4. The minimum Gasteiger partial charge on any atom is -0.389 e.